The Bertz CT molecular complexity index is 1550. The Hall–Kier alpha value is -5.38. The SMILES string of the molecule is C=CCN(CC=C)c1ccc(Oc2ccc(C(c3ccc(Oc4ccc(N(CC=C)CC=C)cc4)cc3)(C(F)(F)F)C(F)(F)F)cc2)cc1. The molecule has 4 aromatic carbocycles. The second-order valence-corrected chi connectivity index (χ2v) is 11.0. The summed E-state index contributed by atoms with van der Waals surface area (Å²) >= 11 is 0. The molecule has 0 saturated carbocycles. The summed E-state index contributed by atoms with van der Waals surface area (Å²) in [6, 6.07) is 21.2. The van der Waals surface area contributed by atoms with Crippen molar-refractivity contribution in [1.29, 1.82) is 0 Å². The standard InChI is InChI=1S/C39H36F6N2O2/c1-5-25-46(26-6-2)31-13-21-35(22-14-31)48-33-17-9-29(10-18-33)37(38(40,41)42,39(43,44)45)30-11-19-34(20-12-30)49-36-23-15-32(16-24-36)47(27-7-3)28-8-4/h5-24H,1-4,25-28H2. The van der Waals surface area contributed by atoms with E-state index in [2.05, 4.69) is 26.3 Å². The minimum Gasteiger partial charge on any atom is -0.457 e. The molecule has 0 atom stereocenters. The molecule has 0 unspecified atom stereocenters. The number of alkyl halides is 6. The van der Waals surface area contributed by atoms with Crippen LogP contribution in [0.25, 0.3) is 0 Å². The molecule has 0 aliphatic rings. The average molecular weight is 679 g/mol. The van der Waals surface area contributed by atoms with Crippen LogP contribution in [0.1, 0.15) is 11.1 Å². The summed E-state index contributed by atoms with van der Waals surface area (Å²) in [5.41, 5.74) is -4.63. The fraction of sp³-hybridized carbons (Fsp3) is 0.179. The van der Waals surface area contributed by atoms with E-state index in [0.717, 1.165) is 59.9 Å². The van der Waals surface area contributed by atoms with Crippen molar-refractivity contribution in [3.05, 3.63) is 159 Å². The first kappa shape index (κ1) is 36.5. The zero-order valence-electron chi connectivity index (χ0n) is 26.7. The molecular formula is C39H36F6N2O2. The van der Waals surface area contributed by atoms with Crippen LogP contribution in [0, 0.1) is 0 Å². The number of hydrogen-bond acceptors (Lipinski definition) is 4. The fourth-order valence-corrected chi connectivity index (χ4v) is 5.44. The molecule has 256 valence electrons. The molecule has 4 aromatic rings. The van der Waals surface area contributed by atoms with Gasteiger partial charge in [0.2, 0.25) is 5.41 Å². The van der Waals surface area contributed by atoms with E-state index in [-0.39, 0.29) is 11.5 Å². The Morgan fingerprint density at radius 2 is 0.673 bits per heavy atom. The van der Waals surface area contributed by atoms with Gasteiger partial charge in [-0.25, -0.2) is 0 Å². The van der Waals surface area contributed by atoms with Crippen LogP contribution in [0.15, 0.2) is 148 Å². The van der Waals surface area contributed by atoms with E-state index in [0.29, 0.717) is 37.7 Å². The van der Waals surface area contributed by atoms with E-state index in [1.54, 1.807) is 72.8 Å². The summed E-state index contributed by atoms with van der Waals surface area (Å²) in [5.74, 6) is 0.830. The molecule has 0 aromatic heterocycles. The zero-order valence-corrected chi connectivity index (χ0v) is 26.7. The van der Waals surface area contributed by atoms with E-state index < -0.39 is 28.9 Å². The maximum absolute atomic E-state index is 14.7. The molecule has 0 aliphatic heterocycles. The van der Waals surface area contributed by atoms with Gasteiger partial charge >= 0.3 is 12.4 Å². The quantitative estimate of drug-likeness (QED) is 0.0870. The second kappa shape index (κ2) is 15.7. The van der Waals surface area contributed by atoms with Gasteiger partial charge in [0.1, 0.15) is 23.0 Å². The molecule has 4 nitrogen and oxygen atoms in total. The Morgan fingerprint density at radius 1 is 0.429 bits per heavy atom. The number of benzene rings is 4. The number of anilines is 2. The van der Waals surface area contributed by atoms with Crippen LogP contribution in [0.5, 0.6) is 23.0 Å². The predicted molar refractivity (Wildman–Crippen MR) is 184 cm³/mol. The molecule has 0 bridgehead atoms. The second-order valence-electron chi connectivity index (χ2n) is 11.0. The maximum atomic E-state index is 14.7. The molecule has 10 heteroatoms. The van der Waals surface area contributed by atoms with Crippen LogP contribution >= 0.6 is 0 Å². The number of hydrogen-bond donors (Lipinski definition) is 0. The number of rotatable bonds is 16. The predicted octanol–water partition coefficient (Wildman–Crippen LogP) is 11.0. The molecule has 0 aliphatic carbocycles. The van der Waals surface area contributed by atoms with E-state index >= 15 is 0 Å². The molecule has 0 fully saturated rings. The van der Waals surface area contributed by atoms with Crippen LogP contribution in [0.4, 0.5) is 37.7 Å². The first-order valence-electron chi connectivity index (χ1n) is 15.2. The largest absolute Gasteiger partial charge is 0.457 e. The van der Waals surface area contributed by atoms with Crippen molar-refractivity contribution in [2.45, 2.75) is 17.8 Å². The molecule has 0 spiro atoms. The van der Waals surface area contributed by atoms with Gasteiger partial charge in [-0.2, -0.15) is 26.3 Å². The van der Waals surface area contributed by atoms with E-state index in [1.165, 1.54) is 0 Å². The highest BCUT2D eigenvalue weighted by atomic mass is 19.4. The molecule has 0 saturated heterocycles. The van der Waals surface area contributed by atoms with Crippen molar-refractivity contribution in [2.24, 2.45) is 0 Å². The smallest absolute Gasteiger partial charge is 0.411 e. The van der Waals surface area contributed by atoms with Gasteiger partial charge in [0.05, 0.1) is 0 Å². The summed E-state index contributed by atoms with van der Waals surface area (Å²) in [4.78, 5) is 3.98. The summed E-state index contributed by atoms with van der Waals surface area (Å²) in [7, 11) is 0. The highest BCUT2D eigenvalue weighted by Crippen LogP contribution is 2.56. The van der Waals surface area contributed by atoms with Crippen molar-refractivity contribution in [2.75, 3.05) is 36.0 Å². The summed E-state index contributed by atoms with van der Waals surface area (Å²) < 4.78 is 100.0. The summed E-state index contributed by atoms with van der Waals surface area (Å²) in [6.07, 6.45) is -4.53. The zero-order chi connectivity index (χ0) is 35.7. The Labute approximate surface area is 282 Å². The topological polar surface area (TPSA) is 24.9 Å². The summed E-state index contributed by atoms with van der Waals surface area (Å²) in [5, 5.41) is 0. The summed E-state index contributed by atoms with van der Waals surface area (Å²) in [6.45, 7) is 17.2. The normalized spacial score (nSPS) is 11.7. The number of halogens is 6. The maximum Gasteiger partial charge on any atom is 0.411 e. The Kier molecular flexibility index (Phi) is 11.7. The van der Waals surface area contributed by atoms with Crippen molar-refractivity contribution in [3.8, 4) is 23.0 Å². The highest BCUT2D eigenvalue weighted by Gasteiger charge is 2.72. The Morgan fingerprint density at radius 3 is 0.898 bits per heavy atom. The lowest BCUT2D eigenvalue weighted by Gasteiger charge is -2.38. The first-order valence-corrected chi connectivity index (χ1v) is 15.2. The third-order valence-corrected chi connectivity index (χ3v) is 7.70. The molecule has 0 heterocycles. The van der Waals surface area contributed by atoms with Crippen molar-refractivity contribution in [1.82, 2.24) is 0 Å². The molecule has 49 heavy (non-hydrogen) atoms. The monoisotopic (exact) mass is 678 g/mol. The lowest BCUT2D eigenvalue weighted by Crippen LogP contribution is -2.54. The molecule has 0 N–H and O–H groups in total. The first-order chi connectivity index (χ1) is 23.4. The van der Waals surface area contributed by atoms with Crippen molar-refractivity contribution >= 4 is 11.4 Å². The Balaban J connectivity index is 1.59. The van der Waals surface area contributed by atoms with Gasteiger partial charge in [-0.05, 0) is 83.9 Å². The molecule has 4 rings (SSSR count). The third-order valence-electron chi connectivity index (χ3n) is 7.70. The lowest BCUT2D eigenvalue weighted by atomic mass is 9.73. The van der Waals surface area contributed by atoms with E-state index in [9.17, 15) is 26.3 Å². The van der Waals surface area contributed by atoms with Gasteiger partial charge in [-0.15, -0.1) is 26.3 Å². The van der Waals surface area contributed by atoms with Crippen LogP contribution in [0.2, 0.25) is 0 Å². The van der Waals surface area contributed by atoms with Crippen LogP contribution < -0.4 is 19.3 Å². The average Bonchev–Trinajstić information content (AvgIpc) is 3.06. The van der Waals surface area contributed by atoms with Crippen LogP contribution in [-0.4, -0.2) is 38.5 Å². The molecule has 0 amide bonds. The van der Waals surface area contributed by atoms with Gasteiger partial charge in [0.25, 0.3) is 0 Å². The van der Waals surface area contributed by atoms with Gasteiger partial charge in [-0.3, -0.25) is 0 Å². The van der Waals surface area contributed by atoms with E-state index in [4.69, 9.17) is 9.47 Å². The minimum atomic E-state index is -5.74. The highest BCUT2D eigenvalue weighted by molar-refractivity contribution is 5.53. The molecule has 0 radical (unpaired) electrons. The van der Waals surface area contributed by atoms with Gasteiger partial charge < -0.3 is 19.3 Å². The van der Waals surface area contributed by atoms with Crippen molar-refractivity contribution in [3.63, 3.8) is 0 Å². The fourth-order valence-electron chi connectivity index (χ4n) is 5.44. The number of nitrogens with zero attached hydrogens (tertiary/aromatic N) is 2. The minimum absolute atomic E-state index is 0.0654. The molecular weight excluding hydrogens is 642 g/mol. The lowest BCUT2D eigenvalue weighted by molar-refractivity contribution is -0.288. The van der Waals surface area contributed by atoms with Gasteiger partial charge in [-0.1, -0.05) is 48.6 Å². The van der Waals surface area contributed by atoms with E-state index in [1.807, 2.05) is 9.80 Å². The van der Waals surface area contributed by atoms with Crippen LogP contribution in [0.3, 0.4) is 0 Å². The number of ether oxygens (including phenoxy) is 2. The van der Waals surface area contributed by atoms with Gasteiger partial charge in [0, 0.05) is 37.6 Å². The van der Waals surface area contributed by atoms with Crippen LogP contribution in [-0.2, 0) is 5.41 Å². The van der Waals surface area contributed by atoms with Gasteiger partial charge in [0.15, 0.2) is 0 Å². The third kappa shape index (κ3) is 8.20. The van der Waals surface area contributed by atoms with Crippen molar-refractivity contribution < 1.29 is 35.8 Å².